The average molecular weight is 257 g/mol. The second kappa shape index (κ2) is 7.68. The molecule has 0 aromatic heterocycles. The van der Waals surface area contributed by atoms with Crippen LogP contribution in [0.25, 0.3) is 0 Å². The number of nitrogens with zero attached hydrogens (tertiary/aromatic N) is 1. The summed E-state index contributed by atoms with van der Waals surface area (Å²) in [5.41, 5.74) is 5.12. The number of rotatable bonds is 7. The predicted octanol–water partition coefficient (Wildman–Crippen LogP) is -0.271. The Morgan fingerprint density at radius 3 is 2.17 bits per heavy atom. The molecule has 0 aromatic carbocycles. The Labute approximate surface area is 108 Å². The van der Waals surface area contributed by atoms with Crippen molar-refractivity contribution in [2.24, 2.45) is 17.6 Å². The zero-order chi connectivity index (χ0) is 14.3. The molecular formula is C12H23N3O3. The number of carbonyl (C=O) groups excluding carboxylic acids is 3. The summed E-state index contributed by atoms with van der Waals surface area (Å²) in [6.45, 7) is 3.87. The number of hydrogen-bond donors (Lipinski definition) is 2. The molecule has 0 saturated heterocycles. The maximum Gasteiger partial charge on any atom is 0.241 e. The average Bonchev–Trinajstić information content (AvgIpc) is 2.22. The van der Waals surface area contributed by atoms with Crippen LogP contribution in [0.4, 0.5) is 0 Å². The standard InChI is InChI=1S/C12H23N3O3/c1-8(2)5-9(6-10(13)16)12(18)14-7-11(17)15(3)4/h8-9H,5-7H2,1-4H3,(H2,13,16)(H,14,18). The number of nitrogens with two attached hydrogens (primary N) is 1. The fourth-order valence-corrected chi connectivity index (χ4v) is 1.56. The van der Waals surface area contributed by atoms with Crippen LogP contribution in [0.15, 0.2) is 0 Å². The monoisotopic (exact) mass is 257 g/mol. The summed E-state index contributed by atoms with van der Waals surface area (Å²) >= 11 is 0. The lowest BCUT2D eigenvalue weighted by atomic mass is 9.93. The summed E-state index contributed by atoms with van der Waals surface area (Å²) in [7, 11) is 3.23. The Morgan fingerprint density at radius 2 is 1.78 bits per heavy atom. The minimum Gasteiger partial charge on any atom is -0.370 e. The van der Waals surface area contributed by atoms with E-state index in [0.29, 0.717) is 6.42 Å². The molecule has 6 heteroatoms. The van der Waals surface area contributed by atoms with E-state index in [1.807, 2.05) is 13.8 Å². The van der Waals surface area contributed by atoms with Gasteiger partial charge in [0, 0.05) is 26.4 Å². The van der Waals surface area contributed by atoms with Crippen LogP contribution in [0.5, 0.6) is 0 Å². The highest BCUT2D eigenvalue weighted by Crippen LogP contribution is 2.15. The van der Waals surface area contributed by atoms with Crippen LogP contribution in [-0.4, -0.2) is 43.3 Å². The quantitative estimate of drug-likeness (QED) is 0.657. The molecule has 0 fully saturated rings. The molecule has 1 atom stereocenters. The molecule has 0 aliphatic heterocycles. The van der Waals surface area contributed by atoms with E-state index in [1.165, 1.54) is 4.90 Å². The largest absolute Gasteiger partial charge is 0.370 e. The lowest BCUT2D eigenvalue weighted by molar-refractivity contribution is -0.133. The van der Waals surface area contributed by atoms with Crippen LogP contribution in [-0.2, 0) is 14.4 Å². The first-order valence-corrected chi connectivity index (χ1v) is 6.00. The van der Waals surface area contributed by atoms with Crippen molar-refractivity contribution < 1.29 is 14.4 Å². The van der Waals surface area contributed by atoms with Crippen LogP contribution < -0.4 is 11.1 Å². The highest BCUT2D eigenvalue weighted by atomic mass is 16.2. The summed E-state index contributed by atoms with van der Waals surface area (Å²) in [6.07, 6.45) is 0.588. The van der Waals surface area contributed by atoms with E-state index >= 15 is 0 Å². The third-order valence-electron chi connectivity index (χ3n) is 2.49. The van der Waals surface area contributed by atoms with Crippen LogP contribution >= 0.6 is 0 Å². The van der Waals surface area contributed by atoms with Crippen LogP contribution in [0.3, 0.4) is 0 Å². The van der Waals surface area contributed by atoms with E-state index in [0.717, 1.165) is 0 Å². The zero-order valence-electron chi connectivity index (χ0n) is 11.5. The van der Waals surface area contributed by atoms with E-state index < -0.39 is 11.8 Å². The molecule has 0 aliphatic rings. The van der Waals surface area contributed by atoms with Gasteiger partial charge in [-0.3, -0.25) is 14.4 Å². The third-order valence-corrected chi connectivity index (χ3v) is 2.49. The van der Waals surface area contributed by atoms with Crippen molar-refractivity contribution in [2.75, 3.05) is 20.6 Å². The Bertz CT molecular complexity index is 314. The molecule has 0 aliphatic carbocycles. The van der Waals surface area contributed by atoms with Gasteiger partial charge < -0.3 is 16.0 Å². The maximum atomic E-state index is 11.9. The molecule has 0 radical (unpaired) electrons. The first-order chi connectivity index (χ1) is 8.23. The molecule has 6 nitrogen and oxygen atoms in total. The van der Waals surface area contributed by atoms with Gasteiger partial charge in [0.2, 0.25) is 17.7 Å². The van der Waals surface area contributed by atoms with Crippen LogP contribution in [0, 0.1) is 11.8 Å². The predicted molar refractivity (Wildman–Crippen MR) is 68.5 cm³/mol. The molecule has 1 unspecified atom stereocenters. The van der Waals surface area contributed by atoms with E-state index in [9.17, 15) is 14.4 Å². The third kappa shape index (κ3) is 6.88. The molecule has 3 amide bonds. The molecular weight excluding hydrogens is 234 g/mol. The molecule has 18 heavy (non-hydrogen) atoms. The molecule has 0 aromatic rings. The van der Waals surface area contributed by atoms with Crippen molar-refractivity contribution in [3.05, 3.63) is 0 Å². The number of primary amides is 1. The van der Waals surface area contributed by atoms with E-state index in [1.54, 1.807) is 14.1 Å². The zero-order valence-corrected chi connectivity index (χ0v) is 11.5. The summed E-state index contributed by atoms with van der Waals surface area (Å²) < 4.78 is 0. The lowest BCUT2D eigenvalue weighted by Gasteiger charge is -2.18. The van der Waals surface area contributed by atoms with Gasteiger partial charge in [0.1, 0.15) is 0 Å². The first kappa shape index (κ1) is 16.4. The van der Waals surface area contributed by atoms with Gasteiger partial charge in [0.15, 0.2) is 0 Å². The summed E-state index contributed by atoms with van der Waals surface area (Å²) in [5, 5.41) is 2.54. The minimum atomic E-state index is -0.505. The Morgan fingerprint density at radius 1 is 1.22 bits per heavy atom. The first-order valence-electron chi connectivity index (χ1n) is 6.00. The van der Waals surface area contributed by atoms with Crippen molar-refractivity contribution >= 4 is 17.7 Å². The van der Waals surface area contributed by atoms with Gasteiger partial charge in [-0.1, -0.05) is 13.8 Å². The van der Waals surface area contributed by atoms with Crippen molar-refractivity contribution in [1.29, 1.82) is 0 Å². The van der Waals surface area contributed by atoms with Gasteiger partial charge in [-0.2, -0.15) is 0 Å². The van der Waals surface area contributed by atoms with Crippen molar-refractivity contribution in [1.82, 2.24) is 10.2 Å². The molecule has 0 heterocycles. The highest BCUT2D eigenvalue weighted by Gasteiger charge is 2.22. The maximum absolute atomic E-state index is 11.9. The van der Waals surface area contributed by atoms with E-state index in [2.05, 4.69) is 5.32 Å². The SMILES string of the molecule is CC(C)CC(CC(N)=O)C(=O)NCC(=O)N(C)C. The molecule has 0 bridgehead atoms. The molecule has 0 saturated carbocycles. The molecule has 3 N–H and O–H groups in total. The Balaban J connectivity index is 4.37. The molecule has 104 valence electrons. The van der Waals surface area contributed by atoms with Crippen molar-refractivity contribution in [3.63, 3.8) is 0 Å². The fourth-order valence-electron chi connectivity index (χ4n) is 1.56. The summed E-state index contributed by atoms with van der Waals surface area (Å²) in [6, 6.07) is 0. The van der Waals surface area contributed by atoms with Gasteiger partial charge in [0.05, 0.1) is 6.54 Å². The topological polar surface area (TPSA) is 92.5 Å². The fraction of sp³-hybridized carbons (Fsp3) is 0.750. The van der Waals surface area contributed by atoms with E-state index in [-0.39, 0.29) is 30.7 Å². The molecule has 0 spiro atoms. The van der Waals surface area contributed by atoms with Crippen molar-refractivity contribution in [3.8, 4) is 0 Å². The minimum absolute atomic E-state index is 0.0141. The normalized spacial score (nSPS) is 12.1. The molecule has 0 rings (SSSR count). The number of nitrogens with one attached hydrogen (secondary N) is 1. The summed E-state index contributed by atoms with van der Waals surface area (Å²) in [5.74, 6) is -1.17. The van der Waals surface area contributed by atoms with Crippen molar-refractivity contribution in [2.45, 2.75) is 26.7 Å². The van der Waals surface area contributed by atoms with E-state index in [4.69, 9.17) is 5.73 Å². The number of hydrogen-bond acceptors (Lipinski definition) is 3. The summed E-state index contributed by atoms with van der Waals surface area (Å²) in [4.78, 5) is 35.5. The van der Waals surface area contributed by atoms with Gasteiger partial charge in [0.25, 0.3) is 0 Å². The van der Waals surface area contributed by atoms with Gasteiger partial charge in [-0.15, -0.1) is 0 Å². The van der Waals surface area contributed by atoms with Gasteiger partial charge >= 0.3 is 0 Å². The highest BCUT2D eigenvalue weighted by molar-refractivity contribution is 5.88. The van der Waals surface area contributed by atoms with Crippen LogP contribution in [0.2, 0.25) is 0 Å². The second-order valence-corrected chi connectivity index (χ2v) is 5.00. The van der Waals surface area contributed by atoms with Gasteiger partial charge in [-0.25, -0.2) is 0 Å². The van der Waals surface area contributed by atoms with Gasteiger partial charge in [-0.05, 0) is 12.3 Å². The number of likely N-dealkylation sites (N-methyl/N-ethyl adjacent to an activating group) is 1. The lowest BCUT2D eigenvalue weighted by Crippen LogP contribution is -2.40. The Hall–Kier alpha value is -1.59. The number of amides is 3. The number of carbonyl (C=O) groups is 3. The smallest absolute Gasteiger partial charge is 0.241 e. The Kier molecular flexibility index (Phi) is 7.00. The van der Waals surface area contributed by atoms with Crippen LogP contribution in [0.1, 0.15) is 26.7 Å². The second-order valence-electron chi connectivity index (χ2n) is 5.00.